The molecule has 1 fully saturated rings. The summed E-state index contributed by atoms with van der Waals surface area (Å²) in [5.74, 6) is 0.779. The molecule has 1 aliphatic rings. The highest BCUT2D eigenvalue weighted by atomic mass is 16.5. The fourth-order valence-corrected chi connectivity index (χ4v) is 3.75. The van der Waals surface area contributed by atoms with Crippen molar-refractivity contribution >= 4 is 17.6 Å². The van der Waals surface area contributed by atoms with E-state index in [1.165, 1.54) is 6.08 Å². The van der Waals surface area contributed by atoms with E-state index < -0.39 is 5.91 Å². The number of amides is 2. The normalized spacial score (nSPS) is 15.6. The number of nitrogen functional groups attached to an aromatic ring is 1. The Hall–Kier alpha value is -4.07. The van der Waals surface area contributed by atoms with Crippen molar-refractivity contribution in [2.45, 2.75) is 12.5 Å². The zero-order valence-corrected chi connectivity index (χ0v) is 16.9. The zero-order valence-electron chi connectivity index (χ0n) is 16.9. The topological polar surface area (TPSA) is 116 Å². The van der Waals surface area contributed by atoms with Crippen molar-refractivity contribution < 1.29 is 14.3 Å². The van der Waals surface area contributed by atoms with Gasteiger partial charge in [0.15, 0.2) is 0 Å². The van der Waals surface area contributed by atoms with E-state index in [1.807, 2.05) is 30.3 Å². The first kappa shape index (κ1) is 20.2. The Bertz CT molecular complexity index is 1120. The number of carbonyl (C=O) groups excluding carboxylic acids is 2. The number of aromatic nitrogens is 2. The van der Waals surface area contributed by atoms with Crippen molar-refractivity contribution in [1.82, 2.24) is 14.7 Å². The molecule has 0 radical (unpaired) electrons. The number of nitrogens with two attached hydrogens (primary N) is 2. The summed E-state index contributed by atoms with van der Waals surface area (Å²) in [5.41, 5.74) is 13.1. The van der Waals surface area contributed by atoms with Crippen molar-refractivity contribution in [3.63, 3.8) is 0 Å². The minimum absolute atomic E-state index is 0.141. The highest BCUT2D eigenvalue weighted by Gasteiger charge is 2.31. The second-order valence-electron chi connectivity index (χ2n) is 7.29. The number of benzene rings is 2. The molecule has 0 saturated carbocycles. The molecule has 8 heteroatoms. The standard InChI is InChI=1S/C23H23N5O3/c1-2-19(29)27-13-12-16(14-27)28-22(24)20(23(25)30)21(26-28)15-8-10-18(11-9-15)31-17-6-4-3-5-7-17/h2-11,16H,1,12-14,24H2,(H2,25,30)/t16-/m0/s1. The number of carbonyl (C=O) groups is 2. The average molecular weight is 417 g/mol. The molecule has 31 heavy (non-hydrogen) atoms. The highest BCUT2D eigenvalue weighted by Crippen LogP contribution is 2.33. The lowest BCUT2D eigenvalue weighted by atomic mass is 10.1. The van der Waals surface area contributed by atoms with Crippen LogP contribution in [-0.4, -0.2) is 39.6 Å². The van der Waals surface area contributed by atoms with Crippen LogP contribution in [0.15, 0.2) is 67.3 Å². The molecule has 4 rings (SSSR count). The quantitative estimate of drug-likeness (QED) is 0.598. The maximum atomic E-state index is 12.2. The predicted molar refractivity (Wildman–Crippen MR) is 118 cm³/mol. The Labute approximate surface area is 179 Å². The number of nitrogens with zero attached hydrogens (tertiary/aromatic N) is 3. The number of rotatable bonds is 6. The van der Waals surface area contributed by atoms with Crippen molar-refractivity contribution in [2.75, 3.05) is 18.8 Å². The first-order chi connectivity index (χ1) is 15.0. The molecule has 1 aromatic heterocycles. The van der Waals surface area contributed by atoms with Crippen molar-refractivity contribution in [3.05, 3.63) is 72.8 Å². The van der Waals surface area contributed by atoms with Crippen LogP contribution >= 0.6 is 0 Å². The van der Waals surface area contributed by atoms with Crippen molar-refractivity contribution in [2.24, 2.45) is 5.73 Å². The molecule has 8 nitrogen and oxygen atoms in total. The third-order valence-electron chi connectivity index (χ3n) is 5.30. The van der Waals surface area contributed by atoms with Gasteiger partial charge in [-0.1, -0.05) is 24.8 Å². The predicted octanol–water partition coefficient (Wildman–Crippen LogP) is 2.98. The van der Waals surface area contributed by atoms with Crippen LogP contribution in [0.5, 0.6) is 11.5 Å². The van der Waals surface area contributed by atoms with E-state index in [9.17, 15) is 9.59 Å². The molecule has 4 N–H and O–H groups in total. The molecule has 2 aromatic carbocycles. The lowest BCUT2D eigenvalue weighted by Gasteiger charge is -2.15. The number of anilines is 1. The van der Waals surface area contributed by atoms with Gasteiger partial charge in [-0.05, 0) is 48.9 Å². The summed E-state index contributed by atoms with van der Waals surface area (Å²) < 4.78 is 7.41. The van der Waals surface area contributed by atoms with Crippen LogP contribution in [0.4, 0.5) is 5.82 Å². The molecule has 1 aliphatic heterocycles. The number of primary amides is 1. The van der Waals surface area contributed by atoms with Crippen molar-refractivity contribution in [1.29, 1.82) is 0 Å². The summed E-state index contributed by atoms with van der Waals surface area (Å²) in [6, 6.07) is 16.5. The number of likely N-dealkylation sites (tertiary alicyclic amines) is 1. The number of ether oxygens (including phenoxy) is 1. The Morgan fingerprint density at radius 2 is 1.77 bits per heavy atom. The van der Waals surface area contributed by atoms with Gasteiger partial charge in [0.25, 0.3) is 5.91 Å². The maximum Gasteiger partial charge on any atom is 0.254 e. The second kappa shape index (κ2) is 8.35. The molecule has 158 valence electrons. The van der Waals surface area contributed by atoms with E-state index in [2.05, 4.69) is 11.7 Å². The van der Waals surface area contributed by atoms with Crippen LogP contribution in [0.1, 0.15) is 22.8 Å². The molecule has 2 heterocycles. The SMILES string of the molecule is C=CC(=O)N1CC[C@H](n2nc(-c3ccc(Oc4ccccc4)cc3)c(C(N)=O)c2N)C1. The third kappa shape index (κ3) is 4.00. The molecule has 2 amide bonds. The molecule has 3 aromatic rings. The van der Waals surface area contributed by atoms with Crippen LogP contribution in [0.2, 0.25) is 0 Å². The van der Waals surface area contributed by atoms with Gasteiger partial charge in [0.1, 0.15) is 28.6 Å². The Kier molecular flexibility index (Phi) is 5.44. The van der Waals surface area contributed by atoms with Gasteiger partial charge in [0.05, 0.1) is 6.04 Å². The lowest BCUT2D eigenvalue weighted by Crippen LogP contribution is -2.27. The fourth-order valence-electron chi connectivity index (χ4n) is 3.75. The van der Waals surface area contributed by atoms with Gasteiger partial charge in [-0.15, -0.1) is 0 Å². The Morgan fingerprint density at radius 1 is 1.10 bits per heavy atom. The van der Waals surface area contributed by atoms with Crippen LogP contribution < -0.4 is 16.2 Å². The van der Waals surface area contributed by atoms with Gasteiger partial charge in [-0.3, -0.25) is 9.59 Å². The molecule has 1 saturated heterocycles. The molecule has 0 spiro atoms. The summed E-state index contributed by atoms with van der Waals surface area (Å²) in [5, 5.41) is 4.60. The van der Waals surface area contributed by atoms with E-state index in [1.54, 1.807) is 33.8 Å². The zero-order chi connectivity index (χ0) is 22.0. The van der Waals surface area contributed by atoms with E-state index in [0.717, 1.165) is 5.75 Å². The lowest BCUT2D eigenvalue weighted by molar-refractivity contribution is -0.125. The van der Waals surface area contributed by atoms with Crippen LogP contribution in [-0.2, 0) is 4.79 Å². The summed E-state index contributed by atoms with van der Waals surface area (Å²) >= 11 is 0. The first-order valence-electron chi connectivity index (χ1n) is 9.90. The number of hydrogen-bond donors (Lipinski definition) is 2. The Balaban J connectivity index is 1.62. The van der Waals surface area contributed by atoms with E-state index in [4.69, 9.17) is 16.2 Å². The number of hydrogen-bond acceptors (Lipinski definition) is 5. The van der Waals surface area contributed by atoms with E-state index >= 15 is 0 Å². The Morgan fingerprint density at radius 3 is 2.42 bits per heavy atom. The smallest absolute Gasteiger partial charge is 0.254 e. The highest BCUT2D eigenvalue weighted by molar-refractivity contribution is 6.03. The van der Waals surface area contributed by atoms with Gasteiger partial charge in [0.2, 0.25) is 5.91 Å². The summed E-state index contributed by atoms with van der Waals surface area (Å²) in [4.78, 5) is 25.7. The van der Waals surface area contributed by atoms with Crippen LogP contribution in [0.25, 0.3) is 11.3 Å². The largest absolute Gasteiger partial charge is 0.457 e. The van der Waals surface area contributed by atoms with Crippen LogP contribution in [0, 0.1) is 0 Å². The van der Waals surface area contributed by atoms with E-state index in [-0.39, 0.29) is 23.3 Å². The van der Waals surface area contributed by atoms with Gasteiger partial charge in [-0.25, -0.2) is 4.68 Å². The maximum absolute atomic E-state index is 12.2. The monoisotopic (exact) mass is 417 g/mol. The molecule has 0 bridgehead atoms. The van der Waals surface area contributed by atoms with Gasteiger partial charge < -0.3 is 21.1 Å². The first-order valence-corrected chi connectivity index (χ1v) is 9.90. The van der Waals surface area contributed by atoms with E-state index in [0.29, 0.717) is 36.5 Å². The average Bonchev–Trinajstić information content (AvgIpc) is 3.39. The van der Waals surface area contributed by atoms with Gasteiger partial charge >= 0.3 is 0 Å². The molecule has 1 atom stereocenters. The van der Waals surface area contributed by atoms with Gasteiger partial charge in [-0.2, -0.15) is 5.10 Å². The minimum Gasteiger partial charge on any atom is -0.457 e. The summed E-state index contributed by atoms with van der Waals surface area (Å²) in [7, 11) is 0. The van der Waals surface area contributed by atoms with Crippen LogP contribution in [0.3, 0.4) is 0 Å². The van der Waals surface area contributed by atoms with Gasteiger partial charge in [0, 0.05) is 18.7 Å². The minimum atomic E-state index is -0.652. The molecule has 0 unspecified atom stereocenters. The molecular formula is C23H23N5O3. The summed E-state index contributed by atoms with van der Waals surface area (Å²) in [6.45, 7) is 4.54. The van der Waals surface area contributed by atoms with Crippen molar-refractivity contribution in [3.8, 4) is 22.8 Å². The molecular weight excluding hydrogens is 394 g/mol. The third-order valence-corrected chi connectivity index (χ3v) is 5.30. The number of para-hydroxylation sites is 1. The molecule has 0 aliphatic carbocycles. The fraction of sp³-hybridized carbons (Fsp3) is 0.174. The summed E-state index contributed by atoms with van der Waals surface area (Å²) in [6.07, 6.45) is 1.96. The second-order valence-corrected chi connectivity index (χ2v) is 7.29.